The molecule has 0 aliphatic carbocycles. The van der Waals surface area contributed by atoms with Gasteiger partial charge in [-0.1, -0.05) is 12.1 Å². The predicted molar refractivity (Wildman–Crippen MR) is 70.7 cm³/mol. The molecular weight excluding hydrogens is 317 g/mol. The molecule has 2 atom stereocenters. The largest absolute Gasteiger partial charge is 0.496 e. The van der Waals surface area contributed by atoms with Crippen LogP contribution in [0, 0.1) is 0 Å². The van der Waals surface area contributed by atoms with Gasteiger partial charge in [0.25, 0.3) is 5.91 Å². The summed E-state index contributed by atoms with van der Waals surface area (Å²) in [5.41, 5.74) is 0.762. The zero-order chi connectivity index (χ0) is 16.8. The zero-order valence-electron chi connectivity index (χ0n) is 12.0. The third-order valence-corrected chi connectivity index (χ3v) is 3.86. The van der Waals surface area contributed by atoms with Crippen LogP contribution in [0.4, 0.5) is 13.2 Å². The molecule has 3 rings (SSSR count). The normalized spacial score (nSPS) is 23.3. The summed E-state index contributed by atoms with van der Waals surface area (Å²) >= 11 is 0. The second-order valence-electron chi connectivity index (χ2n) is 5.15. The number of hydrogen-bond acceptors (Lipinski definition) is 5. The van der Waals surface area contributed by atoms with Crippen molar-refractivity contribution < 1.29 is 32.2 Å². The summed E-state index contributed by atoms with van der Waals surface area (Å²) in [5, 5.41) is 2.71. The van der Waals surface area contributed by atoms with Crippen molar-refractivity contribution in [2.75, 3.05) is 20.2 Å². The Morgan fingerprint density at radius 1 is 1.39 bits per heavy atom. The van der Waals surface area contributed by atoms with Crippen LogP contribution in [-0.2, 0) is 9.53 Å². The Morgan fingerprint density at radius 3 is 2.78 bits per heavy atom. The predicted octanol–water partition coefficient (Wildman–Crippen LogP) is 1.23. The van der Waals surface area contributed by atoms with Crippen LogP contribution in [0.1, 0.15) is 22.0 Å². The van der Waals surface area contributed by atoms with E-state index in [1.807, 2.05) is 0 Å². The van der Waals surface area contributed by atoms with Crippen LogP contribution < -0.4 is 10.1 Å². The fraction of sp³-hybridized carbons (Fsp3) is 0.429. The van der Waals surface area contributed by atoms with Gasteiger partial charge < -0.3 is 14.4 Å². The second kappa shape index (κ2) is 5.41. The number of benzene rings is 1. The molecule has 0 aromatic heterocycles. The Kier molecular flexibility index (Phi) is 3.67. The van der Waals surface area contributed by atoms with E-state index in [4.69, 9.17) is 4.74 Å². The molecule has 0 radical (unpaired) electrons. The maximum Gasteiger partial charge on any atom is 0.490 e. The van der Waals surface area contributed by atoms with Crippen LogP contribution in [0.15, 0.2) is 18.2 Å². The number of ether oxygens (including phenoxy) is 2. The van der Waals surface area contributed by atoms with Crippen molar-refractivity contribution in [1.82, 2.24) is 10.2 Å². The van der Waals surface area contributed by atoms with Crippen molar-refractivity contribution in [3.05, 3.63) is 29.3 Å². The first-order valence-electron chi connectivity index (χ1n) is 6.83. The average Bonchev–Trinajstić information content (AvgIpc) is 2.81. The number of esters is 1. The first kappa shape index (κ1) is 15.6. The van der Waals surface area contributed by atoms with Gasteiger partial charge in [0.1, 0.15) is 11.8 Å². The van der Waals surface area contributed by atoms with Crippen molar-refractivity contribution >= 4 is 11.9 Å². The van der Waals surface area contributed by atoms with E-state index in [1.165, 1.54) is 12.0 Å². The number of carbonyl (C=O) groups is 2. The number of piperazine rings is 1. The van der Waals surface area contributed by atoms with Crippen LogP contribution in [0.3, 0.4) is 0 Å². The molecule has 124 valence electrons. The van der Waals surface area contributed by atoms with Gasteiger partial charge in [-0.2, -0.15) is 13.2 Å². The molecule has 1 fully saturated rings. The average molecular weight is 330 g/mol. The van der Waals surface area contributed by atoms with Gasteiger partial charge in [-0.25, -0.2) is 4.79 Å². The van der Waals surface area contributed by atoms with Gasteiger partial charge in [-0.3, -0.25) is 10.1 Å². The number of amides is 1. The number of nitrogens with zero attached hydrogens (tertiary/aromatic N) is 1. The highest BCUT2D eigenvalue weighted by atomic mass is 19.4. The van der Waals surface area contributed by atoms with Crippen molar-refractivity contribution in [1.29, 1.82) is 0 Å². The molecule has 1 N–H and O–H groups in total. The molecule has 0 spiro atoms. The molecule has 2 heterocycles. The fourth-order valence-electron chi connectivity index (χ4n) is 2.93. The first-order valence-corrected chi connectivity index (χ1v) is 6.83. The quantitative estimate of drug-likeness (QED) is 0.826. The third-order valence-electron chi connectivity index (χ3n) is 3.86. The number of rotatable bonds is 2. The smallest absolute Gasteiger partial charge is 0.490 e. The number of carbonyl (C=O) groups excluding carboxylic acids is 2. The number of halogens is 3. The minimum atomic E-state index is -5.09. The van der Waals surface area contributed by atoms with Crippen LogP contribution in [0.2, 0.25) is 0 Å². The third kappa shape index (κ3) is 2.50. The molecule has 1 amide bonds. The molecule has 1 saturated heterocycles. The van der Waals surface area contributed by atoms with E-state index < -0.39 is 24.4 Å². The molecule has 0 bridgehead atoms. The zero-order valence-corrected chi connectivity index (χ0v) is 12.0. The topological polar surface area (TPSA) is 67.9 Å². The summed E-state index contributed by atoms with van der Waals surface area (Å²) in [6.07, 6.45) is -6.36. The highest BCUT2D eigenvalue weighted by molar-refractivity contribution is 6.02. The van der Waals surface area contributed by atoms with E-state index in [0.29, 0.717) is 17.9 Å². The lowest BCUT2D eigenvalue weighted by Gasteiger charge is -2.37. The van der Waals surface area contributed by atoms with Crippen LogP contribution >= 0.6 is 0 Å². The van der Waals surface area contributed by atoms with Gasteiger partial charge in [0.05, 0.1) is 12.7 Å². The summed E-state index contributed by atoms with van der Waals surface area (Å²) in [6, 6.07) is 4.03. The number of nitrogens with one attached hydrogen (secondary N) is 1. The summed E-state index contributed by atoms with van der Waals surface area (Å²) in [5.74, 6) is -2.31. The van der Waals surface area contributed by atoms with E-state index >= 15 is 0 Å². The van der Waals surface area contributed by atoms with Gasteiger partial charge in [-0.05, 0) is 11.6 Å². The van der Waals surface area contributed by atoms with Gasteiger partial charge in [0.15, 0.2) is 6.23 Å². The summed E-state index contributed by atoms with van der Waals surface area (Å²) in [6.45, 7) is 0.510. The molecule has 2 unspecified atom stereocenters. The molecule has 9 heteroatoms. The summed E-state index contributed by atoms with van der Waals surface area (Å²) in [4.78, 5) is 25.0. The Hall–Kier alpha value is -2.29. The minimum absolute atomic E-state index is 0.217. The summed E-state index contributed by atoms with van der Waals surface area (Å²) in [7, 11) is 1.40. The second-order valence-corrected chi connectivity index (χ2v) is 5.15. The lowest BCUT2D eigenvalue weighted by atomic mass is 10.0. The minimum Gasteiger partial charge on any atom is -0.496 e. The lowest BCUT2D eigenvalue weighted by molar-refractivity contribution is -0.210. The summed E-state index contributed by atoms with van der Waals surface area (Å²) < 4.78 is 47.0. The Balaban J connectivity index is 1.96. The molecule has 2 aliphatic rings. The molecule has 2 aliphatic heterocycles. The number of alkyl halides is 3. The Labute approximate surface area is 129 Å². The van der Waals surface area contributed by atoms with Crippen molar-refractivity contribution in [2.45, 2.75) is 18.4 Å². The van der Waals surface area contributed by atoms with Crippen LogP contribution in [0.5, 0.6) is 5.75 Å². The van der Waals surface area contributed by atoms with Gasteiger partial charge >= 0.3 is 12.1 Å². The molecule has 0 saturated carbocycles. The van der Waals surface area contributed by atoms with Crippen LogP contribution in [0.25, 0.3) is 0 Å². The van der Waals surface area contributed by atoms with Crippen molar-refractivity contribution in [3.63, 3.8) is 0 Å². The first-order chi connectivity index (χ1) is 10.8. The van der Waals surface area contributed by atoms with E-state index in [0.717, 1.165) is 0 Å². The van der Waals surface area contributed by atoms with Crippen molar-refractivity contribution in [3.8, 4) is 5.75 Å². The van der Waals surface area contributed by atoms with E-state index in [9.17, 15) is 22.8 Å². The number of fused-ring (bicyclic) bond motifs is 3. The van der Waals surface area contributed by atoms with E-state index in [2.05, 4.69) is 10.1 Å². The van der Waals surface area contributed by atoms with E-state index in [-0.39, 0.29) is 18.0 Å². The highest BCUT2D eigenvalue weighted by Gasteiger charge is 2.49. The van der Waals surface area contributed by atoms with Crippen LogP contribution in [-0.4, -0.2) is 49.4 Å². The molecule has 23 heavy (non-hydrogen) atoms. The molecule has 1 aromatic carbocycles. The van der Waals surface area contributed by atoms with Crippen molar-refractivity contribution in [2.24, 2.45) is 0 Å². The maximum atomic E-state index is 12.5. The SMILES string of the molecule is COc1cccc2c1C(=O)N1CCNC(OC(=O)C(F)(F)F)C21. The lowest BCUT2D eigenvalue weighted by Crippen LogP contribution is -2.54. The van der Waals surface area contributed by atoms with Gasteiger partial charge in [0.2, 0.25) is 0 Å². The fourth-order valence-corrected chi connectivity index (χ4v) is 2.93. The molecule has 6 nitrogen and oxygen atoms in total. The van der Waals surface area contributed by atoms with Gasteiger partial charge in [-0.15, -0.1) is 0 Å². The highest BCUT2D eigenvalue weighted by Crippen LogP contribution is 2.41. The maximum absolute atomic E-state index is 12.5. The number of hydrogen-bond donors (Lipinski definition) is 1. The number of methoxy groups -OCH3 is 1. The van der Waals surface area contributed by atoms with Gasteiger partial charge in [0, 0.05) is 13.1 Å². The van der Waals surface area contributed by atoms with E-state index in [1.54, 1.807) is 18.2 Å². The monoisotopic (exact) mass is 330 g/mol. The Bertz CT molecular complexity index is 662. The Morgan fingerprint density at radius 2 is 2.13 bits per heavy atom. The molecule has 1 aromatic rings. The molecular formula is C14H13F3N2O4. The standard InChI is InChI=1S/C14H13F3N2O4/c1-22-8-4-2-3-7-9(8)12(20)19-6-5-18-11(10(7)19)23-13(21)14(15,16)17/h2-4,10-11,18H,5-6H2,1H3.